The first-order valence-electron chi connectivity index (χ1n) is 3.92. The Morgan fingerprint density at radius 1 is 1.24 bits per heavy atom. The molecule has 0 bridgehead atoms. The maximum atomic E-state index is 12.8. The normalized spacial score (nSPS) is 12.6. The third kappa shape index (κ3) is 2.43. The van der Waals surface area contributed by atoms with Crippen LogP contribution in [-0.4, -0.2) is 27.7 Å². The highest BCUT2D eigenvalue weighted by molar-refractivity contribution is 6.29. The maximum Gasteiger partial charge on any atom is 0.461 e. The monoisotopic (exact) mass is 274 g/mol. The Balaban J connectivity index is 3.31. The molecule has 2 N–H and O–H groups in total. The van der Waals surface area contributed by atoms with Crippen molar-refractivity contribution < 1.29 is 22.0 Å². The number of nitrogens with zero attached hydrogens (tertiary/aromatic N) is 2. The van der Waals surface area contributed by atoms with Crippen LogP contribution in [0.3, 0.4) is 0 Å². The van der Waals surface area contributed by atoms with Crippen molar-refractivity contribution in [2.24, 2.45) is 0 Å². The topological polar surface area (TPSA) is 65.5 Å². The maximum absolute atomic E-state index is 12.8. The zero-order chi connectivity index (χ0) is 13.4. The summed E-state index contributed by atoms with van der Waals surface area (Å²) in [6, 6.07) is 1.87. The minimum Gasteiger partial charge on any atom is -0.283 e. The molecule has 17 heavy (non-hydrogen) atoms. The highest BCUT2D eigenvalue weighted by Gasteiger charge is 2.62. The number of nitrogens with one attached hydrogen (secondary N) is 2. The van der Waals surface area contributed by atoms with Crippen molar-refractivity contribution in [3.05, 3.63) is 22.8 Å². The van der Waals surface area contributed by atoms with Crippen molar-refractivity contribution in [3.8, 4) is 0 Å². The molecule has 4 nitrogen and oxygen atoms in total. The minimum absolute atomic E-state index is 0.185. The van der Waals surface area contributed by atoms with E-state index in [1.807, 2.05) is 0 Å². The molecule has 1 aromatic rings. The van der Waals surface area contributed by atoms with Gasteiger partial charge in [0.25, 0.3) is 0 Å². The van der Waals surface area contributed by atoms with Gasteiger partial charge < -0.3 is 0 Å². The van der Waals surface area contributed by atoms with Crippen LogP contribution < -0.4 is 5.49 Å². The smallest absolute Gasteiger partial charge is 0.283 e. The highest BCUT2D eigenvalue weighted by atomic mass is 35.5. The van der Waals surface area contributed by atoms with E-state index in [1.165, 1.54) is 0 Å². The Kier molecular flexibility index (Phi) is 3.24. The van der Waals surface area contributed by atoms with Crippen molar-refractivity contribution in [3.63, 3.8) is 0 Å². The quantitative estimate of drug-likeness (QED) is 0.459. The van der Waals surface area contributed by atoms with Crippen LogP contribution in [0.25, 0.3) is 0 Å². The van der Waals surface area contributed by atoms with Crippen LogP contribution in [0.1, 0.15) is 0 Å². The van der Waals surface area contributed by atoms with Crippen LogP contribution in [0.2, 0.25) is 5.15 Å². The van der Waals surface area contributed by atoms with Crippen molar-refractivity contribution in [1.29, 1.82) is 10.8 Å². The molecular weight excluding hydrogens is 271 g/mol. The van der Waals surface area contributed by atoms with E-state index in [0.29, 0.717) is 0 Å². The van der Waals surface area contributed by atoms with Crippen molar-refractivity contribution in [1.82, 2.24) is 9.78 Å². The highest BCUT2D eigenvalue weighted by Crippen LogP contribution is 2.36. The van der Waals surface area contributed by atoms with Gasteiger partial charge in [0.05, 0.1) is 0 Å². The summed E-state index contributed by atoms with van der Waals surface area (Å²) in [5.41, 5.74) is -0.816. The van der Waals surface area contributed by atoms with Gasteiger partial charge in [-0.15, -0.1) is 0 Å². The zero-order valence-corrected chi connectivity index (χ0v) is 8.57. The molecule has 0 spiro atoms. The molecule has 94 valence electrons. The van der Waals surface area contributed by atoms with E-state index in [9.17, 15) is 22.0 Å². The molecule has 0 radical (unpaired) electrons. The lowest BCUT2D eigenvalue weighted by Crippen LogP contribution is -2.50. The first-order chi connectivity index (χ1) is 7.57. The minimum atomic E-state index is -5.94. The number of hydrogen-bond donors (Lipinski definition) is 2. The van der Waals surface area contributed by atoms with Gasteiger partial charge in [0.15, 0.2) is 0 Å². The zero-order valence-electron chi connectivity index (χ0n) is 7.82. The second-order valence-corrected chi connectivity index (χ2v) is 3.26. The Bertz CT molecular complexity index is 506. The van der Waals surface area contributed by atoms with Gasteiger partial charge >= 0.3 is 12.1 Å². The van der Waals surface area contributed by atoms with E-state index in [1.54, 1.807) is 0 Å². The van der Waals surface area contributed by atoms with Gasteiger partial charge in [-0.1, -0.05) is 11.6 Å². The van der Waals surface area contributed by atoms with Crippen LogP contribution in [0.4, 0.5) is 22.0 Å². The van der Waals surface area contributed by atoms with Gasteiger partial charge in [-0.2, -0.15) is 31.7 Å². The Hall–Kier alpha value is -1.51. The van der Waals surface area contributed by atoms with E-state index in [-0.39, 0.29) is 4.68 Å². The summed E-state index contributed by atoms with van der Waals surface area (Å²) >= 11 is 5.29. The van der Waals surface area contributed by atoms with Crippen molar-refractivity contribution in [2.75, 3.05) is 0 Å². The van der Waals surface area contributed by atoms with E-state index in [4.69, 9.17) is 22.4 Å². The summed E-state index contributed by atoms with van der Waals surface area (Å²) in [7, 11) is 0. The summed E-state index contributed by atoms with van der Waals surface area (Å²) in [5.74, 6) is -7.59. The summed E-state index contributed by atoms with van der Waals surface area (Å²) in [6.07, 6.45) is -5.94. The molecule has 1 rings (SSSR count). The number of aromatic nitrogens is 2. The van der Waals surface area contributed by atoms with Crippen LogP contribution in [0.15, 0.2) is 12.1 Å². The van der Waals surface area contributed by atoms with Crippen molar-refractivity contribution >= 4 is 17.4 Å². The molecule has 0 saturated carbocycles. The molecule has 1 heterocycles. The molecule has 1 aromatic heterocycles. The first kappa shape index (κ1) is 13.6. The Morgan fingerprint density at radius 3 is 2.24 bits per heavy atom. The van der Waals surface area contributed by atoms with Gasteiger partial charge in [-0.3, -0.25) is 10.8 Å². The van der Waals surface area contributed by atoms with E-state index in [2.05, 4.69) is 5.10 Å². The second kappa shape index (κ2) is 4.06. The molecule has 0 aliphatic carbocycles. The summed E-state index contributed by atoms with van der Waals surface area (Å²) in [4.78, 5) is 0. The van der Waals surface area contributed by atoms with Gasteiger partial charge in [-0.25, -0.2) is 0 Å². The lowest BCUT2D eigenvalue weighted by molar-refractivity contribution is -0.250. The standard InChI is InChI=1S/C7H4ClF5N4/c8-3-1-2-4(14)17(16-3)5(15)6(9,10)7(11,12)13/h1-2,14-15H. The number of rotatable bonds is 1. The lowest BCUT2D eigenvalue weighted by atomic mass is 10.3. The average molecular weight is 275 g/mol. The SMILES string of the molecule is N=C(n1nc(Cl)ccc1=N)C(F)(F)C(F)(F)F. The predicted octanol–water partition coefficient (Wildman–Crippen LogP) is 2.04. The second-order valence-electron chi connectivity index (χ2n) is 2.87. The fraction of sp³-hybridized carbons (Fsp3) is 0.286. The summed E-state index contributed by atoms with van der Waals surface area (Å²) in [5, 5.41) is 16.5. The fourth-order valence-electron chi connectivity index (χ4n) is 0.839. The Morgan fingerprint density at radius 2 is 1.76 bits per heavy atom. The van der Waals surface area contributed by atoms with Crippen molar-refractivity contribution in [2.45, 2.75) is 12.1 Å². The number of halogens is 6. The molecular formula is C7H4ClF5N4. The molecule has 0 unspecified atom stereocenters. The number of alkyl halides is 5. The largest absolute Gasteiger partial charge is 0.461 e. The molecule has 0 aliphatic heterocycles. The molecule has 0 saturated heterocycles. The van der Waals surface area contributed by atoms with Gasteiger partial charge in [0.1, 0.15) is 10.6 Å². The molecule has 0 amide bonds. The van der Waals surface area contributed by atoms with Crippen LogP contribution in [0.5, 0.6) is 0 Å². The lowest BCUT2D eigenvalue weighted by Gasteiger charge is -2.20. The van der Waals surface area contributed by atoms with Gasteiger partial charge in [-0.05, 0) is 12.1 Å². The van der Waals surface area contributed by atoms with Gasteiger partial charge in [0.2, 0.25) is 5.84 Å². The van der Waals surface area contributed by atoms with Crippen LogP contribution >= 0.6 is 11.6 Å². The first-order valence-corrected chi connectivity index (χ1v) is 4.29. The Labute approximate surface area is 95.6 Å². The number of hydrogen-bond acceptors (Lipinski definition) is 3. The predicted molar refractivity (Wildman–Crippen MR) is 47.2 cm³/mol. The molecule has 10 heteroatoms. The average Bonchev–Trinajstić information content (AvgIpc) is 2.19. The molecule has 0 fully saturated rings. The molecule has 0 aliphatic rings. The third-order valence-electron chi connectivity index (χ3n) is 1.67. The summed E-state index contributed by atoms with van der Waals surface area (Å²) in [6.45, 7) is 0. The van der Waals surface area contributed by atoms with E-state index >= 15 is 0 Å². The van der Waals surface area contributed by atoms with Crippen LogP contribution in [-0.2, 0) is 0 Å². The third-order valence-corrected chi connectivity index (χ3v) is 1.87. The van der Waals surface area contributed by atoms with E-state index < -0.39 is 28.6 Å². The van der Waals surface area contributed by atoms with E-state index in [0.717, 1.165) is 12.1 Å². The fourth-order valence-corrected chi connectivity index (χ4v) is 0.977. The van der Waals surface area contributed by atoms with Crippen LogP contribution in [0, 0.1) is 10.8 Å². The van der Waals surface area contributed by atoms with Gasteiger partial charge in [0, 0.05) is 0 Å². The molecule has 0 atom stereocenters. The summed E-state index contributed by atoms with van der Waals surface area (Å²) < 4.78 is 61.3. The molecule has 0 aromatic carbocycles.